The Kier molecular flexibility index (Phi) is 6.62. The van der Waals surface area contributed by atoms with Crippen molar-refractivity contribution in [2.24, 2.45) is 5.41 Å². The van der Waals surface area contributed by atoms with Crippen LogP contribution in [-0.2, 0) is 11.2 Å². The quantitative estimate of drug-likeness (QED) is 0.897. The van der Waals surface area contributed by atoms with E-state index in [2.05, 4.69) is 24.5 Å². The number of hydrogen-bond acceptors (Lipinski definition) is 2. The average Bonchev–Trinajstić information content (AvgIpc) is 2.37. The molecule has 0 radical (unpaired) electrons. The van der Waals surface area contributed by atoms with Crippen molar-refractivity contribution >= 4 is 18.3 Å². The van der Waals surface area contributed by atoms with Crippen LogP contribution in [0.5, 0.6) is 0 Å². The first kappa shape index (κ1) is 17.9. The summed E-state index contributed by atoms with van der Waals surface area (Å²) in [5.74, 6) is -0.357. The highest BCUT2D eigenvalue weighted by Gasteiger charge is 2.31. The zero-order chi connectivity index (χ0) is 14.6. The second-order valence-electron chi connectivity index (χ2n) is 6.21. The van der Waals surface area contributed by atoms with E-state index in [4.69, 9.17) is 0 Å². The lowest BCUT2D eigenvalue weighted by Crippen LogP contribution is -2.52. The van der Waals surface area contributed by atoms with Gasteiger partial charge in [-0.1, -0.05) is 26.0 Å². The molecule has 0 saturated carbocycles. The van der Waals surface area contributed by atoms with Crippen LogP contribution in [0.25, 0.3) is 0 Å². The Morgan fingerprint density at radius 2 is 2.24 bits per heavy atom. The number of carbonyl (C=O) groups is 1. The van der Waals surface area contributed by atoms with Crippen LogP contribution in [0.15, 0.2) is 24.3 Å². The lowest BCUT2D eigenvalue weighted by Gasteiger charge is -2.39. The van der Waals surface area contributed by atoms with Crippen LogP contribution in [0.3, 0.4) is 0 Å². The zero-order valence-corrected chi connectivity index (χ0v) is 13.4. The Morgan fingerprint density at radius 1 is 1.48 bits per heavy atom. The van der Waals surface area contributed by atoms with Crippen LogP contribution in [0, 0.1) is 11.2 Å². The lowest BCUT2D eigenvalue weighted by molar-refractivity contribution is -0.120. The fraction of sp³-hybridized carbons (Fsp3) is 0.562. The van der Waals surface area contributed by atoms with Crippen molar-refractivity contribution in [2.75, 3.05) is 13.1 Å². The summed E-state index contributed by atoms with van der Waals surface area (Å²) in [5.41, 5.74) is 0.906. The maximum Gasteiger partial charge on any atom is 0.224 e. The molecule has 1 aliphatic heterocycles. The summed E-state index contributed by atoms with van der Waals surface area (Å²) in [4.78, 5) is 11.9. The number of carbonyl (C=O) groups excluding carboxylic acids is 1. The number of nitrogens with one attached hydrogen (secondary N) is 2. The molecule has 1 saturated heterocycles. The third-order valence-electron chi connectivity index (χ3n) is 4.09. The van der Waals surface area contributed by atoms with E-state index in [-0.39, 0.29) is 36.0 Å². The molecule has 1 fully saturated rings. The fourth-order valence-electron chi connectivity index (χ4n) is 2.73. The number of rotatable bonds is 4. The SMILES string of the molecule is CC1(C)CCCNC1CNC(=O)Cc1cccc(F)c1.Cl. The summed E-state index contributed by atoms with van der Waals surface area (Å²) >= 11 is 0. The number of piperidine rings is 1. The Morgan fingerprint density at radius 3 is 2.90 bits per heavy atom. The van der Waals surface area contributed by atoms with E-state index in [0.717, 1.165) is 6.54 Å². The van der Waals surface area contributed by atoms with Gasteiger partial charge in [-0.15, -0.1) is 12.4 Å². The van der Waals surface area contributed by atoms with Crippen molar-refractivity contribution in [3.05, 3.63) is 35.6 Å². The summed E-state index contributed by atoms with van der Waals surface area (Å²) in [6, 6.07) is 6.49. The largest absolute Gasteiger partial charge is 0.354 e. The van der Waals surface area contributed by atoms with Gasteiger partial charge in [0.15, 0.2) is 0 Å². The maximum absolute atomic E-state index is 13.1. The number of benzene rings is 1. The summed E-state index contributed by atoms with van der Waals surface area (Å²) in [6.07, 6.45) is 2.58. The molecular weight excluding hydrogens is 291 g/mol. The van der Waals surface area contributed by atoms with Crippen molar-refractivity contribution in [1.29, 1.82) is 0 Å². The summed E-state index contributed by atoms with van der Waals surface area (Å²) in [5, 5.41) is 6.42. The van der Waals surface area contributed by atoms with Crippen LogP contribution < -0.4 is 10.6 Å². The van der Waals surface area contributed by atoms with Crippen molar-refractivity contribution in [3.63, 3.8) is 0 Å². The fourth-order valence-corrected chi connectivity index (χ4v) is 2.73. The highest BCUT2D eigenvalue weighted by atomic mass is 35.5. The van der Waals surface area contributed by atoms with Gasteiger partial charge in [0.1, 0.15) is 5.82 Å². The minimum atomic E-state index is -0.301. The molecule has 0 aliphatic carbocycles. The molecule has 1 unspecified atom stereocenters. The molecule has 0 bridgehead atoms. The van der Waals surface area contributed by atoms with Gasteiger partial charge < -0.3 is 10.6 Å². The third-order valence-corrected chi connectivity index (χ3v) is 4.09. The Balaban J connectivity index is 0.00000220. The first-order chi connectivity index (χ1) is 9.47. The highest BCUT2D eigenvalue weighted by Crippen LogP contribution is 2.29. The van der Waals surface area contributed by atoms with Gasteiger partial charge >= 0.3 is 0 Å². The lowest BCUT2D eigenvalue weighted by atomic mass is 9.77. The molecular formula is C16H24ClFN2O. The molecule has 3 nitrogen and oxygen atoms in total. The van der Waals surface area contributed by atoms with Gasteiger partial charge in [0.2, 0.25) is 5.91 Å². The van der Waals surface area contributed by atoms with Gasteiger partial charge in [0.05, 0.1) is 6.42 Å². The second kappa shape index (κ2) is 7.76. The van der Waals surface area contributed by atoms with Crippen LogP contribution in [0.2, 0.25) is 0 Å². The molecule has 1 aliphatic rings. The highest BCUT2D eigenvalue weighted by molar-refractivity contribution is 5.85. The van der Waals surface area contributed by atoms with E-state index in [1.165, 1.54) is 25.0 Å². The molecule has 0 aromatic heterocycles. The zero-order valence-electron chi connectivity index (χ0n) is 12.6. The first-order valence-electron chi connectivity index (χ1n) is 7.22. The van der Waals surface area contributed by atoms with E-state index in [1.54, 1.807) is 12.1 Å². The third kappa shape index (κ3) is 5.29. The van der Waals surface area contributed by atoms with E-state index >= 15 is 0 Å². The molecule has 21 heavy (non-hydrogen) atoms. The van der Waals surface area contributed by atoms with Crippen molar-refractivity contribution < 1.29 is 9.18 Å². The topological polar surface area (TPSA) is 41.1 Å². The first-order valence-corrected chi connectivity index (χ1v) is 7.22. The average molecular weight is 315 g/mol. The molecule has 2 N–H and O–H groups in total. The van der Waals surface area contributed by atoms with E-state index in [1.807, 2.05) is 0 Å². The molecule has 5 heteroatoms. The number of hydrogen-bond donors (Lipinski definition) is 2. The molecule has 1 heterocycles. The van der Waals surface area contributed by atoms with Gasteiger partial charge in [-0.3, -0.25) is 4.79 Å². The molecule has 2 rings (SSSR count). The van der Waals surface area contributed by atoms with Gasteiger partial charge in [-0.25, -0.2) is 4.39 Å². The Bertz CT molecular complexity index is 479. The summed E-state index contributed by atoms with van der Waals surface area (Å²) in [7, 11) is 0. The van der Waals surface area contributed by atoms with Crippen LogP contribution in [0.1, 0.15) is 32.3 Å². The molecule has 0 spiro atoms. The second-order valence-corrected chi connectivity index (χ2v) is 6.21. The van der Waals surface area contributed by atoms with Gasteiger partial charge in [0, 0.05) is 12.6 Å². The van der Waals surface area contributed by atoms with Crippen molar-refractivity contribution in [2.45, 2.75) is 39.2 Å². The van der Waals surface area contributed by atoms with Crippen LogP contribution in [-0.4, -0.2) is 25.0 Å². The minimum absolute atomic E-state index is 0. The van der Waals surface area contributed by atoms with E-state index in [9.17, 15) is 9.18 Å². The van der Waals surface area contributed by atoms with E-state index in [0.29, 0.717) is 18.2 Å². The molecule has 1 aromatic carbocycles. The molecule has 1 atom stereocenters. The Labute approximate surface area is 132 Å². The standard InChI is InChI=1S/C16H23FN2O.ClH/c1-16(2)7-4-8-18-14(16)11-19-15(20)10-12-5-3-6-13(17)9-12;/h3,5-6,9,14,18H,4,7-8,10-11H2,1-2H3,(H,19,20);1H. The van der Waals surface area contributed by atoms with Crippen molar-refractivity contribution in [3.8, 4) is 0 Å². The smallest absolute Gasteiger partial charge is 0.224 e. The van der Waals surface area contributed by atoms with Crippen LogP contribution in [0.4, 0.5) is 4.39 Å². The maximum atomic E-state index is 13.1. The minimum Gasteiger partial charge on any atom is -0.354 e. The van der Waals surface area contributed by atoms with Crippen LogP contribution >= 0.6 is 12.4 Å². The molecule has 1 amide bonds. The molecule has 1 aromatic rings. The molecule has 118 valence electrons. The normalized spacial score (nSPS) is 20.4. The Hall–Kier alpha value is -1.13. The van der Waals surface area contributed by atoms with Gasteiger partial charge in [-0.2, -0.15) is 0 Å². The van der Waals surface area contributed by atoms with Gasteiger partial charge in [0.25, 0.3) is 0 Å². The monoisotopic (exact) mass is 314 g/mol. The predicted octanol–water partition coefficient (Wildman–Crippen LogP) is 2.68. The van der Waals surface area contributed by atoms with E-state index < -0.39 is 0 Å². The number of halogens is 2. The van der Waals surface area contributed by atoms with Crippen molar-refractivity contribution in [1.82, 2.24) is 10.6 Å². The number of amides is 1. The summed E-state index contributed by atoms with van der Waals surface area (Å²) < 4.78 is 13.1. The summed E-state index contributed by atoms with van der Waals surface area (Å²) in [6.45, 7) is 6.08. The van der Waals surface area contributed by atoms with Gasteiger partial charge in [-0.05, 0) is 42.5 Å². The predicted molar refractivity (Wildman–Crippen MR) is 85.2 cm³/mol.